The quantitative estimate of drug-likeness (QED) is 0.818. The van der Waals surface area contributed by atoms with E-state index in [-0.39, 0.29) is 28.9 Å². The van der Waals surface area contributed by atoms with Crippen molar-refractivity contribution in [3.63, 3.8) is 0 Å². The normalized spacial score (nSPS) is 14.9. The van der Waals surface area contributed by atoms with Crippen LogP contribution in [0.5, 0.6) is 5.75 Å². The molecule has 0 spiro atoms. The Bertz CT molecular complexity index is 614. The lowest BCUT2D eigenvalue weighted by Gasteiger charge is -2.09. The van der Waals surface area contributed by atoms with E-state index in [1.165, 1.54) is 18.2 Å². The number of hydrogen-bond donors (Lipinski definition) is 2. The molecular weight excluding hydrogens is 304 g/mol. The monoisotopic (exact) mass is 318 g/mol. The van der Waals surface area contributed by atoms with Gasteiger partial charge in [0.1, 0.15) is 5.75 Å². The predicted molar refractivity (Wildman–Crippen MR) is 74.1 cm³/mol. The first-order valence-electron chi connectivity index (χ1n) is 6.11. The minimum absolute atomic E-state index is 0.0650. The number of ether oxygens (including phenoxy) is 1. The zero-order chi connectivity index (χ0) is 14.8. The minimum atomic E-state index is -3.79. The molecule has 6 nitrogen and oxygen atoms in total. The number of hydrogen-bond acceptors (Lipinski definition) is 4. The highest BCUT2D eigenvalue weighted by Crippen LogP contribution is 2.27. The number of carbonyl (C=O) groups is 1. The van der Waals surface area contributed by atoms with E-state index < -0.39 is 10.0 Å². The lowest BCUT2D eigenvalue weighted by molar-refractivity contribution is -0.121. The van der Waals surface area contributed by atoms with Crippen LogP contribution < -0.4 is 15.2 Å². The highest BCUT2D eigenvalue weighted by Gasteiger charge is 2.22. The summed E-state index contributed by atoms with van der Waals surface area (Å²) in [6.45, 7) is 0.174. The lowest BCUT2D eigenvalue weighted by Crippen LogP contribution is -2.26. The molecule has 0 heterocycles. The van der Waals surface area contributed by atoms with E-state index >= 15 is 0 Å². The van der Waals surface area contributed by atoms with Gasteiger partial charge in [-0.05, 0) is 31.0 Å². The predicted octanol–water partition coefficient (Wildman–Crippen LogP) is 1.03. The van der Waals surface area contributed by atoms with E-state index in [0.717, 1.165) is 12.8 Å². The average Bonchev–Trinajstić information content (AvgIpc) is 3.13. The molecule has 1 aliphatic carbocycles. The fourth-order valence-corrected chi connectivity index (χ4v) is 2.40. The number of nitrogens with two attached hydrogens (primary N) is 1. The van der Waals surface area contributed by atoms with Gasteiger partial charge in [-0.15, -0.1) is 0 Å². The van der Waals surface area contributed by atoms with Crippen molar-refractivity contribution in [2.45, 2.75) is 30.2 Å². The van der Waals surface area contributed by atoms with E-state index in [1.807, 2.05) is 0 Å². The fourth-order valence-electron chi connectivity index (χ4n) is 1.56. The second-order valence-corrected chi connectivity index (χ2v) is 6.55. The summed E-state index contributed by atoms with van der Waals surface area (Å²) >= 11 is 5.90. The zero-order valence-corrected chi connectivity index (χ0v) is 12.2. The summed E-state index contributed by atoms with van der Waals surface area (Å²) in [5.74, 6) is 0.253. The van der Waals surface area contributed by atoms with Crippen LogP contribution in [0.2, 0.25) is 5.02 Å². The Morgan fingerprint density at radius 2 is 2.15 bits per heavy atom. The first-order valence-corrected chi connectivity index (χ1v) is 8.03. The highest BCUT2D eigenvalue weighted by atomic mass is 35.5. The fraction of sp³-hybridized carbons (Fsp3) is 0.417. The molecular formula is C12H15ClN2O4S. The van der Waals surface area contributed by atoms with Gasteiger partial charge < -0.3 is 10.1 Å². The molecule has 0 aromatic heterocycles. The molecule has 1 saturated carbocycles. The zero-order valence-electron chi connectivity index (χ0n) is 10.6. The average molecular weight is 319 g/mol. The van der Waals surface area contributed by atoms with Crippen LogP contribution in [0.1, 0.15) is 19.3 Å². The minimum Gasteiger partial charge on any atom is -0.491 e. The molecule has 110 valence electrons. The number of primary sulfonamides is 1. The number of benzene rings is 1. The number of sulfonamides is 1. The molecule has 0 saturated heterocycles. The van der Waals surface area contributed by atoms with E-state index in [1.54, 1.807) is 0 Å². The van der Waals surface area contributed by atoms with Gasteiger partial charge in [0.2, 0.25) is 15.9 Å². The molecule has 2 rings (SSSR count). The third-order valence-corrected chi connectivity index (χ3v) is 3.97. The topological polar surface area (TPSA) is 98.5 Å². The van der Waals surface area contributed by atoms with Gasteiger partial charge in [0.25, 0.3) is 0 Å². The third-order valence-electron chi connectivity index (χ3n) is 2.76. The van der Waals surface area contributed by atoms with Crippen molar-refractivity contribution in [2.24, 2.45) is 5.14 Å². The van der Waals surface area contributed by atoms with Gasteiger partial charge in [-0.25, -0.2) is 13.6 Å². The highest BCUT2D eigenvalue weighted by molar-refractivity contribution is 7.89. The number of carbonyl (C=O) groups excluding carboxylic acids is 1. The summed E-state index contributed by atoms with van der Waals surface area (Å²) in [6, 6.07) is 4.26. The Labute approximate surface area is 122 Å². The Morgan fingerprint density at radius 3 is 2.70 bits per heavy atom. The van der Waals surface area contributed by atoms with Crippen LogP contribution in [-0.2, 0) is 14.8 Å². The molecule has 0 unspecified atom stereocenters. The maximum absolute atomic E-state index is 11.4. The molecule has 1 aromatic rings. The van der Waals surface area contributed by atoms with E-state index in [4.69, 9.17) is 21.5 Å². The molecule has 0 aliphatic heterocycles. The first-order chi connectivity index (χ1) is 9.36. The second-order valence-electron chi connectivity index (χ2n) is 4.58. The third kappa shape index (κ3) is 4.36. The molecule has 1 aromatic carbocycles. The second kappa shape index (κ2) is 5.99. The standard InChI is InChI=1S/C12H15ClN2O4S/c13-10-7-9(20(14,17)18)3-4-11(10)19-6-5-12(16)15-8-1-2-8/h3-4,7-8H,1-2,5-6H2,(H,15,16)(H2,14,17,18). The van der Waals surface area contributed by atoms with Crippen LogP contribution in [0.4, 0.5) is 0 Å². The smallest absolute Gasteiger partial charge is 0.238 e. The van der Waals surface area contributed by atoms with Crippen LogP contribution in [0, 0.1) is 0 Å². The SMILES string of the molecule is NS(=O)(=O)c1ccc(OCCC(=O)NC2CC2)c(Cl)c1. The maximum atomic E-state index is 11.4. The molecule has 20 heavy (non-hydrogen) atoms. The van der Waals surface area contributed by atoms with E-state index in [0.29, 0.717) is 11.8 Å². The van der Waals surface area contributed by atoms with Crippen molar-refractivity contribution in [1.82, 2.24) is 5.32 Å². The van der Waals surface area contributed by atoms with Crippen molar-refractivity contribution in [3.05, 3.63) is 23.2 Å². The Morgan fingerprint density at radius 1 is 1.45 bits per heavy atom. The number of rotatable bonds is 6. The van der Waals surface area contributed by atoms with Crippen molar-refractivity contribution in [1.29, 1.82) is 0 Å². The Kier molecular flexibility index (Phi) is 4.52. The van der Waals surface area contributed by atoms with Gasteiger partial charge >= 0.3 is 0 Å². The molecule has 0 atom stereocenters. The molecule has 8 heteroatoms. The number of amides is 1. The number of halogens is 1. The summed E-state index contributed by atoms with van der Waals surface area (Å²) in [7, 11) is -3.79. The van der Waals surface area contributed by atoms with Crippen LogP contribution in [0.3, 0.4) is 0 Å². The van der Waals surface area contributed by atoms with E-state index in [2.05, 4.69) is 5.32 Å². The largest absolute Gasteiger partial charge is 0.491 e. The summed E-state index contributed by atoms with van der Waals surface area (Å²) in [5.41, 5.74) is 0. The van der Waals surface area contributed by atoms with Gasteiger partial charge in [0.15, 0.2) is 0 Å². The van der Waals surface area contributed by atoms with Crippen LogP contribution in [0.25, 0.3) is 0 Å². The molecule has 3 N–H and O–H groups in total. The van der Waals surface area contributed by atoms with Crippen LogP contribution >= 0.6 is 11.6 Å². The van der Waals surface area contributed by atoms with Gasteiger partial charge in [-0.2, -0.15) is 0 Å². The lowest BCUT2D eigenvalue weighted by atomic mass is 10.3. The van der Waals surface area contributed by atoms with Gasteiger partial charge in [-0.1, -0.05) is 11.6 Å². The summed E-state index contributed by atoms with van der Waals surface area (Å²) < 4.78 is 27.6. The van der Waals surface area contributed by atoms with Crippen molar-refractivity contribution in [2.75, 3.05) is 6.61 Å². The summed E-state index contributed by atoms with van der Waals surface area (Å²) in [6.07, 6.45) is 2.30. The molecule has 0 radical (unpaired) electrons. The van der Waals surface area contributed by atoms with Gasteiger partial charge in [0.05, 0.1) is 22.9 Å². The summed E-state index contributed by atoms with van der Waals surface area (Å²) in [4.78, 5) is 11.4. The molecule has 1 fully saturated rings. The van der Waals surface area contributed by atoms with Crippen molar-refractivity contribution < 1.29 is 17.9 Å². The molecule has 1 amide bonds. The number of nitrogens with one attached hydrogen (secondary N) is 1. The van der Waals surface area contributed by atoms with Crippen molar-refractivity contribution >= 4 is 27.5 Å². The van der Waals surface area contributed by atoms with E-state index in [9.17, 15) is 13.2 Å². The Balaban J connectivity index is 1.88. The van der Waals surface area contributed by atoms with Crippen molar-refractivity contribution in [3.8, 4) is 5.75 Å². The molecule has 1 aliphatic rings. The van der Waals surface area contributed by atoms with Crippen LogP contribution in [0.15, 0.2) is 23.1 Å². The Hall–Kier alpha value is -1.31. The van der Waals surface area contributed by atoms with Gasteiger partial charge in [-0.3, -0.25) is 4.79 Å². The van der Waals surface area contributed by atoms with Crippen LogP contribution in [-0.4, -0.2) is 27.0 Å². The molecule has 0 bridgehead atoms. The maximum Gasteiger partial charge on any atom is 0.238 e. The summed E-state index contributed by atoms with van der Waals surface area (Å²) in [5, 5.41) is 7.96. The first kappa shape index (κ1) is 15.1. The van der Waals surface area contributed by atoms with Gasteiger partial charge in [0, 0.05) is 6.04 Å².